The van der Waals surface area contributed by atoms with E-state index in [2.05, 4.69) is 17.1 Å². The van der Waals surface area contributed by atoms with E-state index in [1.54, 1.807) is 6.92 Å². The van der Waals surface area contributed by atoms with Gasteiger partial charge in [-0.15, -0.1) is 24.8 Å². The highest BCUT2D eigenvalue weighted by Gasteiger charge is 2.30. The van der Waals surface area contributed by atoms with E-state index in [-0.39, 0.29) is 30.7 Å². The molecule has 138 valence electrons. The van der Waals surface area contributed by atoms with Gasteiger partial charge in [-0.05, 0) is 57.3 Å². The summed E-state index contributed by atoms with van der Waals surface area (Å²) in [4.78, 5) is 14.9. The van der Waals surface area contributed by atoms with Crippen LogP contribution >= 0.6 is 24.8 Å². The molecule has 4 nitrogen and oxygen atoms in total. The molecule has 2 rings (SSSR count). The molecule has 0 aromatic heterocycles. The Morgan fingerprint density at radius 2 is 1.83 bits per heavy atom. The first kappa shape index (κ1) is 23.2. The van der Waals surface area contributed by atoms with Crippen LogP contribution in [0.1, 0.15) is 38.7 Å². The second-order valence-corrected chi connectivity index (χ2v) is 6.56. The Morgan fingerprint density at radius 3 is 2.38 bits per heavy atom. The fourth-order valence-corrected chi connectivity index (χ4v) is 3.07. The van der Waals surface area contributed by atoms with Crippen LogP contribution < -0.4 is 11.1 Å². The number of nitrogens with one attached hydrogen (secondary N) is 1. The summed E-state index contributed by atoms with van der Waals surface area (Å²) in [5.41, 5.74) is 6.12. The third kappa shape index (κ3) is 6.25. The Hall–Kier alpha value is -0.810. The minimum Gasteiger partial charge on any atom is -0.354 e. The van der Waals surface area contributed by atoms with Gasteiger partial charge in [0.15, 0.2) is 0 Å². The Kier molecular flexibility index (Phi) is 10.6. The van der Waals surface area contributed by atoms with Gasteiger partial charge in [-0.3, -0.25) is 4.79 Å². The smallest absolute Gasteiger partial charge is 0.244 e. The number of nitrogens with two attached hydrogens (primary N) is 1. The quantitative estimate of drug-likeness (QED) is 0.803. The van der Waals surface area contributed by atoms with Crippen LogP contribution in [0.15, 0.2) is 30.3 Å². The van der Waals surface area contributed by atoms with E-state index in [4.69, 9.17) is 5.73 Å². The fourth-order valence-electron chi connectivity index (χ4n) is 3.07. The van der Waals surface area contributed by atoms with Crippen LogP contribution in [0, 0.1) is 5.92 Å². The Balaban J connectivity index is 0.00000264. The first-order chi connectivity index (χ1) is 10.5. The molecule has 1 saturated heterocycles. The lowest BCUT2D eigenvalue weighted by Gasteiger charge is -2.32. The Morgan fingerprint density at radius 1 is 1.25 bits per heavy atom. The number of benzene rings is 1. The van der Waals surface area contributed by atoms with Crippen molar-refractivity contribution in [3.8, 4) is 0 Å². The van der Waals surface area contributed by atoms with E-state index in [1.807, 2.05) is 30.3 Å². The molecular formula is C18H31Cl2N3O. The highest BCUT2D eigenvalue weighted by molar-refractivity contribution is 5.87. The number of hydrogen-bond acceptors (Lipinski definition) is 3. The normalized spacial score (nSPS) is 18.0. The number of rotatable bonds is 6. The zero-order chi connectivity index (χ0) is 16.0. The molecule has 1 aliphatic rings. The van der Waals surface area contributed by atoms with E-state index >= 15 is 0 Å². The average molecular weight is 376 g/mol. The summed E-state index contributed by atoms with van der Waals surface area (Å²) in [6.07, 6.45) is 3.53. The molecule has 0 radical (unpaired) electrons. The minimum absolute atomic E-state index is 0. The van der Waals surface area contributed by atoms with Crippen LogP contribution in [0.2, 0.25) is 0 Å². The fraction of sp³-hybridized carbons (Fsp3) is 0.611. The molecular weight excluding hydrogens is 345 g/mol. The number of piperidine rings is 1. The monoisotopic (exact) mass is 375 g/mol. The topological polar surface area (TPSA) is 58.4 Å². The van der Waals surface area contributed by atoms with Gasteiger partial charge in [0.05, 0.1) is 0 Å². The first-order valence-corrected chi connectivity index (χ1v) is 8.39. The van der Waals surface area contributed by atoms with Crippen molar-refractivity contribution in [2.45, 2.75) is 38.6 Å². The number of likely N-dealkylation sites (tertiary alicyclic amines) is 1. The van der Waals surface area contributed by atoms with Crippen molar-refractivity contribution >= 4 is 30.7 Å². The zero-order valence-corrected chi connectivity index (χ0v) is 16.3. The van der Waals surface area contributed by atoms with Gasteiger partial charge in [-0.1, -0.05) is 37.3 Å². The molecule has 6 heteroatoms. The van der Waals surface area contributed by atoms with E-state index in [1.165, 1.54) is 13.0 Å². The molecule has 1 aromatic rings. The van der Waals surface area contributed by atoms with Crippen molar-refractivity contribution < 1.29 is 4.79 Å². The molecule has 3 N–H and O–H groups in total. The number of carbonyl (C=O) groups excluding carboxylic acids is 1. The van der Waals surface area contributed by atoms with Crippen LogP contribution in [0.25, 0.3) is 0 Å². The number of nitrogens with zero attached hydrogens (tertiary/aromatic N) is 1. The van der Waals surface area contributed by atoms with Crippen LogP contribution in [0.5, 0.6) is 0 Å². The van der Waals surface area contributed by atoms with Crippen LogP contribution in [-0.2, 0) is 10.3 Å². The van der Waals surface area contributed by atoms with Crippen molar-refractivity contribution in [2.75, 3.05) is 26.2 Å². The van der Waals surface area contributed by atoms with Crippen molar-refractivity contribution in [1.82, 2.24) is 10.2 Å². The predicted molar refractivity (Wildman–Crippen MR) is 105 cm³/mol. The standard InChI is InChI=1S/C18H29N3O.2ClH/c1-3-11-21-12-9-15(10-13-21)14-20-17(22)18(2,19)16-7-5-4-6-8-16;;/h4-8,15H,3,9-14,19H2,1-2H3,(H,20,22);2*1H. The van der Waals surface area contributed by atoms with Crippen molar-refractivity contribution in [2.24, 2.45) is 11.7 Å². The van der Waals surface area contributed by atoms with Gasteiger partial charge in [-0.2, -0.15) is 0 Å². The molecule has 1 amide bonds. The van der Waals surface area contributed by atoms with E-state index in [0.29, 0.717) is 5.92 Å². The van der Waals surface area contributed by atoms with Crippen LogP contribution in [0.3, 0.4) is 0 Å². The molecule has 1 heterocycles. The number of hydrogen-bond donors (Lipinski definition) is 2. The van der Waals surface area contributed by atoms with Gasteiger partial charge in [0.2, 0.25) is 5.91 Å². The third-order valence-electron chi connectivity index (χ3n) is 4.64. The molecule has 0 aliphatic carbocycles. The van der Waals surface area contributed by atoms with E-state index < -0.39 is 5.54 Å². The molecule has 1 atom stereocenters. The first-order valence-electron chi connectivity index (χ1n) is 8.39. The van der Waals surface area contributed by atoms with E-state index in [0.717, 1.165) is 38.0 Å². The minimum atomic E-state index is -0.968. The summed E-state index contributed by atoms with van der Waals surface area (Å²) in [6, 6.07) is 9.57. The van der Waals surface area contributed by atoms with Crippen molar-refractivity contribution in [1.29, 1.82) is 0 Å². The van der Waals surface area contributed by atoms with Crippen LogP contribution in [-0.4, -0.2) is 37.0 Å². The summed E-state index contributed by atoms with van der Waals surface area (Å²) in [5, 5.41) is 3.06. The number of carbonyl (C=O) groups is 1. The molecule has 0 spiro atoms. The Labute approximate surface area is 158 Å². The van der Waals surface area contributed by atoms with Crippen molar-refractivity contribution in [3.05, 3.63) is 35.9 Å². The lowest BCUT2D eigenvalue weighted by Crippen LogP contribution is -2.50. The molecule has 1 unspecified atom stereocenters. The summed E-state index contributed by atoms with van der Waals surface area (Å²) in [5.74, 6) is 0.485. The second-order valence-electron chi connectivity index (χ2n) is 6.56. The number of halogens is 2. The summed E-state index contributed by atoms with van der Waals surface area (Å²) in [7, 11) is 0. The van der Waals surface area contributed by atoms with Gasteiger partial charge in [0.25, 0.3) is 0 Å². The Bertz CT molecular complexity index is 474. The summed E-state index contributed by atoms with van der Waals surface area (Å²) < 4.78 is 0. The van der Waals surface area contributed by atoms with Gasteiger partial charge in [0, 0.05) is 6.54 Å². The second kappa shape index (κ2) is 10.9. The van der Waals surface area contributed by atoms with Gasteiger partial charge in [-0.25, -0.2) is 0 Å². The molecule has 1 fully saturated rings. The molecule has 0 saturated carbocycles. The molecule has 0 bridgehead atoms. The van der Waals surface area contributed by atoms with Gasteiger partial charge >= 0.3 is 0 Å². The van der Waals surface area contributed by atoms with Gasteiger partial charge in [0.1, 0.15) is 5.54 Å². The lowest BCUT2D eigenvalue weighted by molar-refractivity contribution is -0.126. The molecule has 1 aliphatic heterocycles. The largest absolute Gasteiger partial charge is 0.354 e. The lowest BCUT2D eigenvalue weighted by atomic mass is 9.91. The molecule has 1 aromatic carbocycles. The van der Waals surface area contributed by atoms with Crippen LogP contribution in [0.4, 0.5) is 0 Å². The summed E-state index contributed by atoms with van der Waals surface area (Å²) >= 11 is 0. The van der Waals surface area contributed by atoms with E-state index in [9.17, 15) is 4.79 Å². The highest BCUT2D eigenvalue weighted by atomic mass is 35.5. The third-order valence-corrected chi connectivity index (χ3v) is 4.64. The predicted octanol–water partition coefficient (Wildman–Crippen LogP) is 2.94. The average Bonchev–Trinajstić information content (AvgIpc) is 2.55. The highest BCUT2D eigenvalue weighted by Crippen LogP contribution is 2.19. The van der Waals surface area contributed by atoms with Crippen molar-refractivity contribution in [3.63, 3.8) is 0 Å². The maximum absolute atomic E-state index is 12.4. The maximum atomic E-state index is 12.4. The van der Waals surface area contributed by atoms with Gasteiger partial charge < -0.3 is 16.0 Å². The number of amides is 1. The maximum Gasteiger partial charge on any atom is 0.244 e. The zero-order valence-electron chi connectivity index (χ0n) is 14.7. The SMILES string of the molecule is CCCN1CCC(CNC(=O)C(C)(N)c2ccccc2)CC1.Cl.Cl. The molecule has 24 heavy (non-hydrogen) atoms. The summed E-state index contributed by atoms with van der Waals surface area (Å²) in [6.45, 7) is 8.21.